The predicted molar refractivity (Wildman–Crippen MR) is 112 cm³/mol. The van der Waals surface area contributed by atoms with Crippen LogP contribution in [0.3, 0.4) is 0 Å². The van der Waals surface area contributed by atoms with Gasteiger partial charge in [0.2, 0.25) is 5.91 Å². The number of hydrogen-bond acceptors (Lipinski definition) is 7. The van der Waals surface area contributed by atoms with Gasteiger partial charge >= 0.3 is 0 Å². The zero-order valence-corrected chi connectivity index (χ0v) is 16.1. The van der Waals surface area contributed by atoms with Gasteiger partial charge in [-0.3, -0.25) is 14.8 Å². The summed E-state index contributed by atoms with van der Waals surface area (Å²) >= 11 is 0. The van der Waals surface area contributed by atoms with Crippen molar-refractivity contribution >= 4 is 35.0 Å². The van der Waals surface area contributed by atoms with E-state index in [0.29, 0.717) is 13.0 Å². The molecule has 29 heavy (non-hydrogen) atoms. The van der Waals surface area contributed by atoms with Crippen molar-refractivity contribution in [1.82, 2.24) is 25.3 Å². The van der Waals surface area contributed by atoms with Crippen LogP contribution < -0.4 is 10.7 Å². The number of hydrogen-bond donors (Lipinski definition) is 2. The second-order valence-electron chi connectivity index (χ2n) is 7.39. The molecule has 5 rings (SSSR count). The first-order chi connectivity index (χ1) is 14.3. The van der Waals surface area contributed by atoms with E-state index in [1.165, 1.54) is 0 Å². The van der Waals surface area contributed by atoms with Crippen molar-refractivity contribution in [3.05, 3.63) is 47.9 Å². The number of amides is 1. The van der Waals surface area contributed by atoms with Crippen molar-refractivity contribution in [3.8, 4) is 0 Å². The fourth-order valence-electron chi connectivity index (χ4n) is 4.05. The van der Waals surface area contributed by atoms with E-state index in [1.807, 2.05) is 40.6 Å². The Kier molecular flexibility index (Phi) is 4.69. The summed E-state index contributed by atoms with van der Waals surface area (Å²) in [4.78, 5) is 27.2. The third kappa shape index (κ3) is 3.47. The summed E-state index contributed by atoms with van der Waals surface area (Å²) in [5, 5.41) is 5.41. The van der Waals surface area contributed by atoms with Crippen molar-refractivity contribution in [3.63, 3.8) is 0 Å². The first kappa shape index (κ1) is 17.8. The number of likely N-dealkylation sites (tertiary alicyclic amines) is 1. The van der Waals surface area contributed by atoms with Crippen LogP contribution in [0.1, 0.15) is 30.4 Å². The molecule has 2 aromatic rings. The molecule has 1 amide bonds. The van der Waals surface area contributed by atoms with E-state index in [1.54, 1.807) is 12.4 Å². The second kappa shape index (κ2) is 7.63. The van der Waals surface area contributed by atoms with Crippen molar-refractivity contribution < 1.29 is 4.79 Å². The Balaban J connectivity index is 1.32. The summed E-state index contributed by atoms with van der Waals surface area (Å²) in [5.41, 5.74) is 8.50. The van der Waals surface area contributed by atoms with E-state index in [4.69, 9.17) is 4.99 Å². The number of fused-ring (bicyclic) bond motifs is 4. The van der Waals surface area contributed by atoms with Crippen molar-refractivity contribution in [2.75, 3.05) is 31.5 Å². The van der Waals surface area contributed by atoms with Crippen LogP contribution in [0.2, 0.25) is 0 Å². The molecule has 0 bridgehead atoms. The minimum absolute atomic E-state index is 0.280. The van der Waals surface area contributed by atoms with Gasteiger partial charge in [-0.15, -0.1) is 0 Å². The van der Waals surface area contributed by atoms with Gasteiger partial charge in [-0.05, 0) is 31.0 Å². The van der Waals surface area contributed by atoms with E-state index in [0.717, 1.165) is 66.4 Å². The maximum absolute atomic E-state index is 11.7. The molecule has 3 aliphatic rings. The molecule has 1 fully saturated rings. The molecular formula is C21H23N7O. The van der Waals surface area contributed by atoms with Crippen LogP contribution in [0.4, 0.5) is 11.5 Å². The molecule has 5 heterocycles. The standard InChI is InChI=1S/C21H23N7O/c29-19-5-2-10-27(19)11-3-8-25-28-13-17-15-6-9-22-12-18(15)26-21-16(4-1-7-23-21)20(17)24-14-28/h1,4,6-7,9,12,14,25H,2-3,5,8,10-11,13H2,(H,23,26). The average Bonchev–Trinajstić information content (AvgIpc) is 3.10. The number of aliphatic imine (C=N–C) groups is 1. The summed E-state index contributed by atoms with van der Waals surface area (Å²) in [6.45, 7) is 3.18. The topological polar surface area (TPSA) is 85.8 Å². The van der Waals surface area contributed by atoms with Crippen LogP contribution in [0, 0.1) is 0 Å². The Bertz CT molecular complexity index is 1000. The number of nitrogens with zero attached hydrogens (tertiary/aromatic N) is 5. The largest absolute Gasteiger partial charge is 0.343 e. The summed E-state index contributed by atoms with van der Waals surface area (Å²) in [5.74, 6) is 1.07. The van der Waals surface area contributed by atoms with Crippen molar-refractivity contribution in [2.45, 2.75) is 19.3 Å². The van der Waals surface area contributed by atoms with E-state index < -0.39 is 0 Å². The predicted octanol–water partition coefficient (Wildman–Crippen LogP) is 2.26. The highest BCUT2D eigenvalue weighted by molar-refractivity contribution is 6.03. The monoisotopic (exact) mass is 389 g/mol. The van der Waals surface area contributed by atoms with Gasteiger partial charge in [0, 0.05) is 55.1 Å². The lowest BCUT2D eigenvalue weighted by Crippen LogP contribution is -2.41. The highest BCUT2D eigenvalue weighted by Crippen LogP contribution is 2.40. The highest BCUT2D eigenvalue weighted by Gasteiger charge is 2.26. The van der Waals surface area contributed by atoms with E-state index in [2.05, 4.69) is 20.7 Å². The second-order valence-corrected chi connectivity index (χ2v) is 7.39. The Morgan fingerprint density at radius 1 is 1.21 bits per heavy atom. The van der Waals surface area contributed by atoms with Crippen molar-refractivity contribution in [1.29, 1.82) is 0 Å². The molecule has 0 spiro atoms. The molecule has 0 aliphatic carbocycles. The van der Waals surface area contributed by atoms with Crippen LogP contribution in [0.5, 0.6) is 0 Å². The zero-order valence-electron chi connectivity index (χ0n) is 16.1. The van der Waals surface area contributed by atoms with Crippen molar-refractivity contribution in [2.24, 2.45) is 4.99 Å². The Morgan fingerprint density at radius 2 is 2.17 bits per heavy atom. The van der Waals surface area contributed by atoms with Crippen LogP contribution in [-0.4, -0.2) is 58.3 Å². The third-order valence-electron chi connectivity index (χ3n) is 5.49. The van der Waals surface area contributed by atoms with E-state index >= 15 is 0 Å². The van der Waals surface area contributed by atoms with Gasteiger partial charge in [0.25, 0.3) is 0 Å². The molecule has 2 aromatic heterocycles. The number of carbonyl (C=O) groups is 1. The number of carbonyl (C=O) groups excluding carboxylic acids is 1. The lowest BCUT2D eigenvalue weighted by molar-refractivity contribution is -0.127. The van der Waals surface area contributed by atoms with Gasteiger partial charge in [0.1, 0.15) is 12.2 Å². The minimum atomic E-state index is 0.280. The molecule has 2 N–H and O–H groups in total. The maximum Gasteiger partial charge on any atom is 0.222 e. The highest BCUT2D eigenvalue weighted by atomic mass is 16.2. The van der Waals surface area contributed by atoms with Gasteiger partial charge in [-0.2, -0.15) is 0 Å². The molecule has 0 radical (unpaired) electrons. The minimum Gasteiger partial charge on any atom is -0.343 e. The summed E-state index contributed by atoms with van der Waals surface area (Å²) in [6, 6.07) is 5.98. The Morgan fingerprint density at radius 3 is 3.07 bits per heavy atom. The molecule has 1 saturated heterocycles. The van der Waals surface area contributed by atoms with Gasteiger partial charge in [-0.25, -0.2) is 15.4 Å². The molecule has 148 valence electrons. The van der Waals surface area contributed by atoms with Crippen LogP contribution in [0.25, 0.3) is 11.3 Å². The number of hydrazine groups is 1. The van der Waals surface area contributed by atoms with E-state index in [-0.39, 0.29) is 5.91 Å². The molecule has 8 nitrogen and oxygen atoms in total. The SMILES string of the molecule is O=C1CCCN1CCCNN1C=NC2=C(C1)c1ccncc1Nc1ncccc12. The zero-order chi connectivity index (χ0) is 19.6. The third-order valence-corrected chi connectivity index (χ3v) is 5.49. The molecule has 3 aliphatic heterocycles. The quantitative estimate of drug-likeness (QED) is 0.763. The first-order valence-corrected chi connectivity index (χ1v) is 10.0. The lowest BCUT2D eigenvalue weighted by atomic mass is 10.0. The maximum atomic E-state index is 11.7. The fourth-order valence-corrected chi connectivity index (χ4v) is 4.05. The molecular weight excluding hydrogens is 366 g/mol. The number of aromatic nitrogens is 2. The van der Waals surface area contributed by atoms with E-state index in [9.17, 15) is 4.79 Å². The van der Waals surface area contributed by atoms with Gasteiger partial charge in [-0.1, -0.05) is 0 Å². The molecule has 0 saturated carbocycles. The average molecular weight is 389 g/mol. The number of anilines is 2. The number of pyridine rings is 2. The fraction of sp³-hybridized carbons (Fsp3) is 0.333. The first-order valence-electron chi connectivity index (χ1n) is 10.0. The van der Waals surface area contributed by atoms with Gasteiger partial charge in [0.05, 0.1) is 24.1 Å². The number of rotatable bonds is 5. The van der Waals surface area contributed by atoms with Gasteiger partial charge < -0.3 is 10.2 Å². The number of nitrogens with one attached hydrogen (secondary N) is 2. The normalized spacial score (nSPS) is 17.6. The molecule has 0 unspecified atom stereocenters. The smallest absolute Gasteiger partial charge is 0.222 e. The Labute approximate surface area is 169 Å². The van der Waals surface area contributed by atoms with Crippen LogP contribution in [0.15, 0.2) is 41.8 Å². The Hall–Kier alpha value is -3.26. The molecule has 8 heteroatoms. The summed E-state index contributed by atoms with van der Waals surface area (Å²) < 4.78 is 0. The van der Waals surface area contributed by atoms with Gasteiger partial charge in [0.15, 0.2) is 0 Å². The molecule has 0 atom stereocenters. The lowest BCUT2D eigenvalue weighted by Gasteiger charge is -2.27. The molecule has 0 aromatic carbocycles. The summed E-state index contributed by atoms with van der Waals surface area (Å²) in [7, 11) is 0. The van der Waals surface area contributed by atoms with Crippen LogP contribution in [-0.2, 0) is 4.79 Å². The summed E-state index contributed by atoms with van der Waals surface area (Å²) in [6.07, 6.45) is 9.84. The van der Waals surface area contributed by atoms with Crippen LogP contribution >= 0.6 is 0 Å².